The standard InChI is InChI=1S/C14H20O3/c1-2-3-4-5-6-9-16-14(15)11-7-8-12-13(10-11)17-12/h5-6,10,12-13H,2-4,7-9H2,1H3/b6-5+. The van der Waals surface area contributed by atoms with E-state index in [-0.39, 0.29) is 12.1 Å². The van der Waals surface area contributed by atoms with Crippen molar-refractivity contribution in [3.8, 4) is 0 Å². The van der Waals surface area contributed by atoms with E-state index in [0.29, 0.717) is 12.7 Å². The highest BCUT2D eigenvalue weighted by molar-refractivity contribution is 5.89. The largest absolute Gasteiger partial charge is 0.458 e. The summed E-state index contributed by atoms with van der Waals surface area (Å²) >= 11 is 0. The molecule has 17 heavy (non-hydrogen) atoms. The Morgan fingerprint density at radius 1 is 1.59 bits per heavy atom. The van der Waals surface area contributed by atoms with Crippen molar-refractivity contribution in [2.45, 2.75) is 51.2 Å². The van der Waals surface area contributed by atoms with Gasteiger partial charge in [0.1, 0.15) is 12.7 Å². The minimum absolute atomic E-state index is 0.181. The van der Waals surface area contributed by atoms with Gasteiger partial charge in [0.25, 0.3) is 0 Å². The zero-order valence-corrected chi connectivity index (χ0v) is 10.4. The Bertz CT molecular complexity index is 330. The lowest BCUT2D eigenvalue weighted by molar-refractivity contribution is -0.138. The van der Waals surface area contributed by atoms with Crippen LogP contribution in [0.5, 0.6) is 0 Å². The number of allylic oxidation sites excluding steroid dienone is 1. The minimum Gasteiger partial charge on any atom is -0.458 e. The molecule has 0 amide bonds. The third kappa shape index (κ3) is 3.70. The highest BCUT2D eigenvalue weighted by atomic mass is 16.6. The van der Waals surface area contributed by atoms with Gasteiger partial charge in [0, 0.05) is 5.57 Å². The Morgan fingerprint density at radius 2 is 2.47 bits per heavy atom. The third-order valence-corrected chi connectivity index (χ3v) is 3.15. The first kappa shape index (κ1) is 12.4. The van der Waals surface area contributed by atoms with Crippen molar-refractivity contribution in [3.05, 3.63) is 23.8 Å². The number of fused-ring (bicyclic) bond motifs is 1. The number of ether oxygens (including phenoxy) is 2. The number of hydrogen-bond acceptors (Lipinski definition) is 3. The van der Waals surface area contributed by atoms with E-state index in [1.807, 2.05) is 12.2 Å². The quantitative estimate of drug-likeness (QED) is 0.308. The van der Waals surface area contributed by atoms with Crippen molar-refractivity contribution < 1.29 is 14.3 Å². The number of rotatable bonds is 6. The summed E-state index contributed by atoms with van der Waals surface area (Å²) in [5.41, 5.74) is 0.783. The van der Waals surface area contributed by atoms with Crippen molar-refractivity contribution in [3.63, 3.8) is 0 Å². The van der Waals surface area contributed by atoms with Gasteiger partial charge in [-0.15, -0.1) is 0 Å². The van der Waals surface area contributed by atoms with Gasteiger partial charge in [-0.1, -0.05) is 31.9 Å². The normalized spacial score (nSPS) is 26.5. The van der Waals surface area contributed by atoms with Crippen molar-refractivity contribution in [2.24, 2.45) is 0 Å². The Morgan fingerprint density at radius 3 is 3.24 bits per heavy atom. The summed E-state index contributed by atoms with van der Waals surface area (Å²) in [7, 11) is 0. The predicted molar refractivity (Wildman–Crippen MR) is 65.6 cm³/mol. The summed E-state index contributed by atoms with van der Waals surface area (Å²) in [6, 6.07) is 0. The molecule has 0 spiro atoms. The van der Waals surface area contributed by atoms with Crippen LogP contribution in [-0.2, 0) is 14.3 Å². The molecular formula is C14H20O3. The van der Waals surface area contributed by atoms with Crippen molar-refractivity contribution in [2.75, 3.05) is 6.61 Å². The fourth-order valence-electron chi connectivity index (χ4n) is 2.01. The maximum atomic E-state index is 11.7. The zero-order chi connectivity index (χ0) is 12.1. The molecule has 2 unspecified atom stereocenters. The number of hydrogen-bond donors (Lipinski definition) is 0. The molecule has 1 aliphatic carbocycles. The van der Waals surface area contributed by atoms with E-state index in [2.05, 4.69) is 13.0 Å². The van der Waals surface area contributed by atoms with E-state index in [1.54, 1.807) is 0 Å². The molecule has 1 saturated heterocycles. The Labute approximate surface area is 102 Å². The number of esters is 1. The van der Waals surface area contributed by atoms with Gasteiger partial charge in [0.05, 0.1) is 6.10 Å². The second-order valence-corrected chi connectivity index (χ2v) is 4.58. The van der Waals surface area contributed by atoms with Crippen molar-refractivity contribution >= 4 is 5.97 Å². The Kier molecular flexibility index (Phi) is 4.37. The fraction of sp³-hybridized carbons (Fsp3) is 0.643. The van der Waals surface area contributed by atoms with Gasteiger partial charge in [0.2, 0.25) is 0 Å². The molecule has 1 fully saturated rings. The summed E-state index contributed by atoms with van der Waals surface area (Å²) in [6.45, 7) is 2.55. The molecule has 3 heteroatoms. The molecule has 2 rings (SSSR count). The van der Waals surface area contributed by atoms with Gasteiger partial charge in [-0.2, -0.15) is 0 Å². The molecule has 94 valence electrons. The van der Waals surface area contributed by atoms with Crippen LogP contribution in [0.15, 0.2) is 23.8 Å². The van der Waals surface area contributed by atoms with Crippen LogP contribution in [0.25, 0.3) is 0 Å². The minimum atomic E-state index is -0.181. The molecule has 2 atom stereocenters. The lowest BCUT2D eigenvalue weighted by Gasteiger charge is -2.08. The SMILES string of the molecule is CCCC/C=C/COC(=O)C1=CC2OC2CC1. The molecule has 0 N–H and O–H groups in total. The van der Waals surface area contributed by atoms with Gasteiger partial charge >= 0.3 is 5.97 Å². The molecule has 0 aromatic carbocycles. The van der Waals surface area contributed by atoms with E-state index < -0.39 is 0 Å². The van der Waals surface area contributed by atoms with Gasteiger partial charge in [-0.05, 0) is 25.3 Å². The molecule has 1 aliphatic heterocycles. The van der Waals surface area contributed by atoms with Gasteiger partial charge in [0.15, 0.2) is 0 Å². The number of unbranched alkanes of at least 4 members (excludes halogenated alkanes) is 2. The molecule has 0 bridgehead atoms. The first-order valence-electron chi connectivity index (χ1n) is 6.49. The van der Waals surface area contributed by atoms with E-state index >= 15 is 0 Å². The first-order chi connectivity index (χ1) is 8.31. The summed E-state index contributed by atoms with van der Waals surface area (Å²) in [5, 5.41) is 0. The summed E-state index contributed by atoms with van der Waals surface area (Å²) in [5.74, 6) is -0.181. The average Bonchev–Trinajstić information content (AvgIpc) is 3.11. The monoisotopic (exact) mass is 236 g/mol. The van der Waals surface area contributed by atoms with Gasteiger partial charge in [-0.25, -0.2) is 4.79 Å². The van der Waals surface area contributed by atoms with Crippen LogP contribution in [0.4, 0.5) is 0 Å². The molecule has 0 aromatic heterocycles. The van der Waals surface area contributed by atoms with Crippen LogP contribution in [0.3, 0.4) is 0 Å². The molecule has 2 aliphatic rings. The molecule has 0 aromatic rings. The maximum absolute atomic E-state index is 11.7. The van der Waals surface area contributed by atoms with Crippen molar-refractivity contribution in [1.29, 1.82) is 0 Å². The smallest absolute Gasteiger partial charge is 0.334 e. The molecule has 3 nitrogen and oxygen atoms in total. The van der Waals surface area contributed by atoms with Crippen LogP contribution >= 0.6 is 0 Å². The zero-order valence-electron chi connectivity index (χ0n) is 10.4. The highest BCUT2D eigenvalue weighted by Crippen LogP contribution is 2.35. The van der Waals surface area contributed by atoms with Crippen LogP contribution in [0.1, 0.15) is 39.0 Å². The summed E-state index contributed by atoms with van der Waals surface area (Å²) in [4.78, 5) is 11.7. The maximum Gasteiger partial charge on any atom is 0.334 e. The average molecular weight is 236 g/mol. The van der Waals surface area contributed by atoms with E-state index in [9.17, 15) is 4.79 Å². The van der Waals surface area contributed by atoms with E-state index in [1.165, 1.54) is 12.8 Å². The summed E-state index contributed by atoms with van der Waals surface area (Å²) < 4.78 is 10.5. The van der Waals surface area contributed by atoms with Crippen LogP contribution in [-0.4, -0.2) is 24.8 Å². The second-order valence-electron chi connectivity index (χ2n) is 4.58. The lowest BCUT2D eigenvalue weighted by Crippen LogP contribution is -2.13. The third-order valence-electron chi connectivity index (χ3n) is 3.15. The number of epoxide rings is 1. The van der Waals surface area contributed by atoms with Gasteiger partial charge in [-0.3, -0.25) is 0 Å². The number of carbonyl (C=O) groups excluding carboxylic acids is 1. The Hall–Kier alpha value is -1.09. The molecule has 0 saturated carbocycles. The Balaban J connectivity index is 1.65. The molecule has 0 radical (unpaired) electrons. The second kappa shape index (κ2) is 6.01. The van der Waals surface area contributed by atoms with Crippen LogP contribution in [0.2, 0.25) is 0 Å². The molecule has 1 heterocycles. The first-order valence-corrected chi connectivity index (χ1v) is 6.49. The van der Waals surface area contributed by atoms with E-state index in [0.717, 1.165) is 24.8 Å². The van der Waals surface area contributed by atoms with Crippen LogP contribution in [0, 0.1) is 0 Å². The van der Waals surface area contributed by atoms with Crippen LogP contribution < -0.4 is 0 Å². The fourth-order valence-corrected chi connectivity index (χ4v) is 2.01. The highest BCUT2D eigenvalue weighted by Gasteiger charge is 2.40. The van der Waals surface area contributed by atoms with E-state index in [4.69, 9.17) is 9.47 Å². The number of carbonyl (C=O) groups is 1. The molecular weight excluding hydrogens is 216 g/mol. The summed E-state index contributed by atoms with van der Waals surface area (Å²) in [6.07, 6.45) is 11.7. The predicted octanol–water partition coefficient (Wildman–Crippen LogP) is 2.76. The van der Waals surface area contributed by atoms with Gasteiger partial charge < -0.3 is 9.47 Å². The van der Waals surface area contributed by atoms with Crippen molar-refractivity contribution in [1.82, 2.24) is 0 Å². The lowest BCUT2D eigenvalue weighted by atomic mass is 10.00. The topological polar surface area (TPSA) is 38.8 Å².